The van der Waals surface area contributed by atoms with Crippen molar-refractivity contribution >= 4 is 45.7 Å². The van der Waals surface area contributed by atoms with E-state index < -0.39 is 0 Å². The molecular formula is C17H19ClN6O2S2. The second kappa shape index (κ2) is 9.35. The summed E-state index contributed by atoms with van der Waals surface area (Å²) < 4.78 is 7.73. The average Bonchev–Trinajstić information content (AvgIpc) is 3.26. The third-order valence-electron chi connectivity index (χ3n) is 3.71. The number of halogens is 1. The van der Waals surface area contributed by atoms with E-state index in [1.54, 1.807) is 6.07 Å². The molecule has 2 heterocycles. The molecule has 0 aliphatic carbocycles. The van der Waals surface area contributed by atoms with Crippen molar-refractivity contribution < 1.29 is 9.53 Å². The van der Waals surface area contributed by atoms with Crippen LogP contribution in [0.1, 0.15) is 23.3 Å². The lowest BCUT2D eigenvalue weighted by atomic mass is 10.2. The zero-order valence-electron chi connectivity index (χ0n) is 15.6. The minimum Gasteiger partial charge on any atom is -0.486 e. The van der Waals surface area contributed by atoms with Gasteiger partial charge in [0, 0.05) is 11.6 Å². The Balaban J connectivity index is 1.58. The fourth-order valence-electron chi connectivity index (χ4n) is 2.34. The number of hydrogen-bond acceptors (Lipinski definition) is 8. The van der Waals surface area contributed by atoms with Crippen LogP contribution in [0.15, 0.2) is 23.4 Å². The molecule has 0 fully saturated rings. The number of aryl methyl sites for hydroxylation is 2. The summed E-state index contributed by atoms with van der Waals surface area (Å²) in [6.07, 6.45) is 0. The number of carbonyl (C=O) groups excluding carboxylic acids is 1. The highest BCUT2D eigenvalue weighted by Crippen LogP contribution is 2.23. The van der Waals surface area contributed by atoms with Gasteiger partial charge in [0.15, 0.2) is 11.0 Å². The number of anilines is 1. The number of hydrogen-bond donors (Lipinski definition) is 1. The number of thioether (sulfide) groups is 1. The van der Waals surface area contributed by atoms with Gasteiger partial charge in [-0.25, -0.2) is 0 Å². The summed E-state index contributed by atoms with van der Waals surface area (Å²) in [6.45, 7) is 6.70. The number of rotatable bonds is 8. The third-order valence-corrected chi connectivity index (χ3v) is 5.86. The molecule has 0 saturated carbocycles. The number of benzene rings is 1. The van der Waals surface area contributed by atoms with Crippen molar-refractivity contribution in [1.82, 2.24) is 25.0 Å². The summed E-state index contributed by atoms with van der Waals surface area (Å²) in [5.41, 5.74) is 0.948. The Kier molecular flexibility index (Phi) is 6.87. The molecule has 0 aliphatic rings. The van der Waals surface area contributed by atoms with Crippen LogP contribution in [0.2, 0.25) is 5.02 Å². The molecule has 3 rings (SSSR count). The smallest absolute Gasteiger partial charge is 0.236 e. The number of nitrogens with zero attached hydrogens (tertiary/aromatic N) is 5. The first kappa shape index (κ1) is 20.6. The van der Waals surface area contributed by atoms with Gasteiger partial charge in [-0.3, -0.25) is 10.1 Å². The Morgan fingerprint density at radius 1 is 1.29 bits per heavy atom. The van der Waals surface area contributed by atoms with Crippen LogP contribution in [-0.4, -0.2) is 36.6 Å². The van der Waals surface area contributed by atoms with E-state index in [-0.39, 0.29) is 18.3 Å². The summed E-state index contributed by atoms with van der Waals surface area (Å²) in [5.74, 6) is 1.45. The predicted molar refractivity (Wildman–Crippen MR) is 110 cm³/mol. The van der Waals surface area contributed by atoms with Crippen molar-refractivity contribution in [1.29, 1.82) is 0 Å². The number of nitrogens with one attached hydrogen (secondary N) is 1. The van der Waals surface area contributed by atoms with Crippen molar-refractivity contribution in [2.24, 2.45) is 0 Å². The Labute approximate surface area is 175 Å². The molecule has 0 bridgehead atoms. The number of carbonyl (C=O) groups is 1. The van der Waals surface area contributed by atoms with E-state index in [9.17, 15) is 4.79 Å². The second-order valence-corrected chi connectivity index (χ2v) is 8.34. The van der Waals surface area contributed by atoms with Gasteiger partial charge in [0.25, 0.3) is 0 Å². The van der Waals surface area contributed by atoms with Crippen molar-refractivity contribution in [3.63, 3.8) is 0 Å². The van der Waals surface area contributed by atoms with E-state index in [0.29, 0.717) is 33.4 Å². The van der Waals surface area contributed by atoms with Gasteiger partial charge in [0.1, 0.15) is 17.4 Å². The minimum absolute atomic E-state index is 0.166. The molecule has 11 heteroatoms. The Morgan fingerprint density at radius 3 is 2.79 bits per heavy atom. The normalized spacial score (nSPS) is 10.9. The topological polar surface area (TPSA) is 94.8 Å². The number of ether oxygens (including phenoxy) is 1. The summed E-state index contributed by atoms with van der Waals surface area (Å²) in [5, 5.41) is 21.5. The Morgan fingerprint density at radius 2 is 2.11 bits per heavy atom. The second-order valence-electron chi connectivity index (χ2n) is 5.81. The SMILES string of the molecule is CCn1c(COc2ccc(Cl)c(C)c2)nnc1SCC(=O)Nc1nnc(C)s1. The van der Waals surface area contributed by atoms with Crippen molar-refractivity contribution in [3.05, 3.63) is 39.6 Å². The Bertz CT molecular complexity index is 974. The first-order valence-electron chi connectivity index (χ1n) is 8.50. The minimum atomic E-state index is -0.166. The molecule has 2 aromatic heterocycles. The molecule has 28 heavy (non-hydrogen) atoms. The van der Waals surface area contributed by atoms with E-state index in [1.807, 2.05) is 37.5 Å². The highest BCUT2D eigenvalue weighted by molar-refractivity contribution is 7.99. The first-order valence-corrected chi connectivity index (χ1v) is 10.7. The monoisotopic (exact) mass is 438 g/mol. The maximum absolute atomic E-state index is 12.1. The molecule has 3 aromatic rings. The van der Waals surface area contributed by atoms with Crippen LogP contribution >= 0.6 is 34.7 Å². The van der Waals surface area contributed by atoms with Gasteiger partial charge >= 0.3 is 0 Å². The van der Waals surface area contributed by atoms with E-state index in [1.165, 1.54) is 23.1 Å². The van der Waals surface area contributed by atoms with Crippen LogP contribution in [0.25, 0.3) is 0 Å². The molecule has 8 nitrogen and oxygen atoms in total. The summed E-state index contributed by atoms with van der Waals surface area (Å²) in [4.78, 5) is 12.1. The van der Waals surface area contributed by atoms with Crippen molar-refractivity contribution in [2.75, 3.05) is 11.1 Å². The van der Waals surface area contributed by atoms with E-state index in [2.05, 4.69) is 25.7 Å². The van der Waals surface area contributed by atoms with Crippen molar-refractivity contribution in [3.8, 4) is 5.75 Å². The standard InChI is InChI=1S/C17H19ClN6O2S2/c1-4-24-14(8-26-12-5-6-13(18)10(2)7-12)21-23-17(24)27-9-15(25)19-16-22-20-11(3)28-16/h5-7H,4,8-9H2,1-3H3,(H,19,22,25). The number of aromatic nitrogens is 5. The lowest BCUT2D eigenvalue weighted by molar-refractivity contribution is -0.113. The maximum atomic E-state index is 12.1. The third kappa shape index (κ3) is 5.21. The van der Waals surface area contributed by atoms with Crippen LogP contribution in [-0.2, 0) is 17.9 Å². The first-order chi connectivity index (χ1) is 13.5. The molecule has 0 unspecified atom stereocenters. The highest BCUT2D eigenvalue weighted by Gasteiger charge is 2.14. The number of amides is 1. The molecule has 0 radical (unpaired) electrons. The van der Waals surface area contributed by atoms with Crippen LogP contribution in [0.3, 0.4) is 0 Å². The van der Waals surface area contributed by atoms with Gasteiger partial charge in [-0.1, -0.05) is 34.7 Å². The average molecular weight is 439 g/mol. The molecule has 148 valence electrons. The largest absolute Gasteiger partial charge is 0.486 e. The fraction of sp³-hybridized carbons (Fsp3) is 0.353. The van der Waals surface area contributed by atoms with Gasteiger partial charge in [-0.05, 0) is 44.5 Å². The highest BCUT2D eigenvalue weighted by atomic mass is 35.5. The zero-order valence-corrected chi connectivity index (χ0v) is 18.0. The molecule has 1 amide bonds. The molecular weight excluding hydrogens is 420 g/mol. The van der Waals surface area contributed by atoms with Gasteiger partial charge in [0.2, 0.25) is 11.0 Å². The zero-order chi connectivity index (χ0) is 20.1. The van der Waals surface area contributed by atoms with Crippen LogP contribution in [0, 0.1) is 13.8 Å². The van der Waals surface area contributed by atoms with Crippen LogP contribution in [0.5, 0.6) is 5.75 Å². The molecule has 0 saturated heterocycles. The van der Waals surface area contributed by atoms with Gasteiger partial charge in [-0.2, -0.15) is 0 Å². The van der Waals surface area contributed by atoms with E-state index in [4.69, 9.17) is 16.3 Å². The molecule has 0 spiro atoms. The van der Waals surface area contributed by atoms with Gasteiger partial charge < -0.3 is 9.30 Å². The fourth-order valence-corrected chi connectivity index (χ4v) is 3.88. The van der Waals surface area contributed by atoms with E-state index in [0.717, 1.165) is 10.6 Å². The van der Waals surface area contributed by atoms with Gasteiger partial charge in [-0.15, -0.1) is 20.4 Å². The maximum Gasteiger partial charge on any atom is 0.236 e. The van der Waals surface area contributed by atoms with Crippen LogP contribution in [0.4, 0.5) is 5.13 Å². The van der Waals surface area contributed by atoms with Crippen LogP contribution < -0.4 is 10.1 Å². The molecule has 0 aliphatic heterocycles. The lowest BCUT2D eigenvalue weighted by Gasteiger charge is -2.09. The Hall–Kier alpha value is -2.17. The quantitative estimate of drug-likeness (QED) is 0.535. The molecule has 1 N–H and O–H groups in total. The van der Waals surface area contributed by atoms with Crippen molar-refractivity contribution in [2.45, 2.75) is 39.1 Å². The van der Waals surface area contributed by atoms with Gasteiger partial charge in [0.05, 0.1) is 5.75 Å². The lowest BCUT2D eigenvalue weighted by Crippen LogP contribution is -2.14. The molecule has 0 atom stereocenters. The van der Waals surface area contributed by atoms with E-state index >= 15 is 0 Å². The predicted octanol–water partition coefficient (Wildman–Crippen LogP) is 3.73. The molecule has 1 aromatic carbocycles. The summed E-state index contributed by atoms with van der Waals surface area (Å²) in [6, 6.07) is 5.50. The summed E-state index contributed by atoms with van der Waals surface area (Å²) in [7, 11) is 0. The summed E-state index contributed by atoms with van der Waals surface area (Å²) >= 11 is 8.69.